The second-order valence-electron chi connectivity index (χ2n) is 4.60. The highest BCUT2D eigenvalue weighted by atomic mass is 14.9. The molecule has 0 N–H and O–H groups in total. The number of aryl methyl sites for hydroxylation is 3. The van der Waals surface area contributed by atoms with Crippen LogP contribution < -0.4 is 4.57 Å². The van der Waals surface area contributed by atoms with Gasteiger partial charge in [0.2, 0.25) is 5.69 Å². The normalized spacial score (nSPS) is 10.5. The van der Waals surface area contributed by atoms with Crippen molar-refractivity contribution in [1.82, 2.24) is 0 Å². The molecule has 0 fully saturated rings. The molecule has 0 saturated heterocycles. The minimum atomic E-state index is 1.15. The molecule has 1 nitrogen and oxygen atoms in total. The zero-order valence-electron chi connectivity index (χ0n) is 10.9. The van der Waals surface area contributed by atoms with Crippen molar-refractivity contribution < 1.29 is 4.57 Å². The largest absolute Gasteiger partial charge is 0.212 e. The summed E-state index contributed by atoms with van der Waals surface area (Å²) in [5.74, 6) is 0. The van der Waals surface area contributed by atoms with Gasteiger partial charge in [-0.2, -0.15) is 0 Å². The maximum atomic E-state index is 2.24. The molecule has 1 heteroatoms. The Bertz CT molecular complexity index is 515. The second kappa shape index (κ2) is 5.13. The molecular formula is C16H20N+. The summed E-state index contributed by atoms with van der Waals surface area (Å²) in [7, 11) is 2.13. The van der Waals surface area contributed by atoms with E-state index in [2.05, 4.69) is 68.1 Å². The zero-order chi connectivity index (χ0) is 12.3. The Balaban J connectivity index is 2.44. The lowest BCUT2D eigenvalue weighted by molar-refractivity contribution is -0.660. The SMILES string of the molecule is CCCc1ccc(-c2ccccc2C)[n+](C)c1. The van der Waals surface area contributed by atoms with E-state index in [-0.39, 0.29) is 0 Å². The predicted molar refractivity (Wildman–Crippen MR) is 71.8 cm³/mol. The number of hydrogen-bond acceptors (Lipinski definition) is 0. The van der Waals surface area contributed by atoms with Gasteiger partial charge in [-0.25, -0.2) is 4.57 Å². The van der Waals surface area contributed by atoms with E-state index >= 15 is 0 Å². The van der Waals surface area contributed by atoms with Gasteiger partial charge in [0.1, 0.15) is 7.05 Å². The summed E-state index contributed by atoms with van der Waals surface area (Å²) in [5.41, 5.74) is 5.33. The van der Waals surface area contributed by atoms with E-state index in [1.165, 1.54) is 28.8 Å². The van der Waals surface area contributed by atoms with E-state index < -0.39 is 0 Å². The molecule has 88 valence electrons. The molecule has 0 saturated carbocycles. The molecule has 2 rings (SSSR count). The highest BCUT2D eigenvalue weighted by Gasteiger charge is 2.11. The standard InChI is InChI=1S/C16H20N/c1-4-7-14-10-11-16(17(3)12-14)15-9-6-5-8-13(15)2/h5-6,8-12H,4,7H2,1-3H3/q+1. The predicted octanol–water partition coefficient (Wildman–Crippen LogP) is 3.44. The number of benzene rings is 1. The van der Waals surface area contributed by atoms with E-state index in [4.69, 9.17) is 0 Å². The van der Waals surface area contributed by atoms with Crippen LogP contribution in [-0.2, 0) is 13.5 Å². The zero-order valence-corrected chi connectivity index (χ0v) is 10.9. The highest BCUT2D eigenvalue weighted by molar-refractivity contribution is 5.60. The van der Waals surface area contributed by atoms with Crippen LogP contribution >= 0.6 is 0 Å². The van der Waals surface area contributed by atoms with Crippen LogP contribution in [0.1, 0.15) is 24.5 Å². The Hall–Kier alpha value is -1.63. The molecule has 1 aromatic heterocycles. The second-order valence-corrected chi connectivity index (χ2v) is 4.60. The van der Waals surface area contributed by atoms with Crippen LogP contribution in [-0.4, -0.2) is 0 Å². The number of rotatable bonds is 3. The van der Waals surface area contributed by atoms with Gasteiger partial charge in [0, 0.05) is 17.2 Å². The smallest absolute Gasteiger partial charge is 0.201 e. The summed E-state index contributed by atoms with van der Waals surface area (Å²) >= 11 is 0. The van der Waals surface area contributed by atoms with Crippen molar-refractivity contribution in [3.63, 3.8) is 0 Å². The van der Waals surface area contributed by atoms with Crippen LogP contribution in [0.5, 0.6) is 0 Å². The maximum Gasteiger partial charge on any atom is 0.212 e. The average molecular weight is 226 g/mol. The van der Waals surface area contributed by atoms with Crippen LogP contribution in [0.3, 0.4) is 0 Å². The van der Waals surface area contributed by atoms with Gasteiger partial charge in [0.15, 0.2) is 6.20 Å². The number of hydrogen-bond donors (Lipinski definition) is 0. The first-order valence-corrected chi connectivity index (χ1v) is 6.27. The van der Waals surface area contributed by atoms with Gasteiger partial charge < -0.3 is 0 Å². The van der Waals surface area contributed by atoms with Crippen LogP contribution in [0.25, 0.3) is 11.3 Å². The fourth-order valence-electron chi connectivity index (χ4n) is 2.24. The minimum absolute atomic E-state index is 1.15. The minimum Gasteiger partial charge on any atom is -0.201 e. The number of pyridine rings is 1. The molecule has 1 aromatic carbocycles. The Morgan fingerprint density at radius 1 is 1.06 bits per heavy atom. The molecule has 0 unspecified atom stereocenters. The quantitative estimate of drug-likeness (QED) is 0.706. The molecule has 0 aliphatic carbocycles. The van der Waals surface area contributed by atoms with Crippen molar-refractivity contribution in [1.29, 1.82) is 0 Å². The van der Waals surface area contributed by atoms with E-state index in [1.807, 2.05) is 0 Å². The molecule has 0 spiro atoms. The van der Waals surface area contributed by atoms with E-state index in [9.17, 15) is 0 Å². The van der Waals surface area contributed by atoms with Gasteiger partial charge in [-0.3, -0.25) is 0 Å². The van der Waals surface area contributed by atoms with Crippen molar-refractivity contribution >= 4 is 0 Å². The Morgan fingerprint density at radius 2 is 1.82 bits per heavy atom. The lowest BCUT2D eigenvalue weighted by atomic mass is 10.0. The lowest BCUT2D eigenvalue weighted by Crippen LogP contribution is -2.31. The van der Waals surface area contributed by atoms with Crippen molar-refractivity contribution in [2.24, 2.45) is 7.05 Å². The van der Waals surface area contributed by atoms with Crippen molar-refractivity contribution in [3.05, 3.63) is 53.7 Å². The van der Waals surface area contributed by atoms with Gasteiger partial charge in [0.25, 0.3) is 0 Å². The fraction of sp³-hybridized carbons (Fsp3) is 0.312. The third-order valence-electron chi connectivity index (χ3n) is 3.15. The van der Waals surface area contributed by atoms with Crippen LogP contribution in [0, 0.1) is 6.92 Å². The first kappa shape index (κ1) is 11.8. The van der Waals surface area contributed by atoms with Crippen molar-refractivity contribution in [3.8, 4) is 11.3 Å². The van der Waals surface area contributed by atoms with Crippen molar-refractivity contribution in [2.45, 2.75) is 26.7 Å². The number of aromatic nitrogens is 1. The fourth-order valence-corrected chi connectivity index (χ4v) is 2.24. The van der Waals surface area contributed by atoms with Crippen LogP contribution in [0.4, 0.5) is 0 Å². The molecule has 2 aromatic rings. The van der Waals surface area contributed by atoms with E-state index in [1.54, 1.807) is 0 Å². The maximum absolute atomic E-state index is 2.24. The van der Waals surface area contributed by atoms with Crippen molar-refractivity contribution in [2.75, 3.05) is 0 Å². The monoisotopic (exact) mass is 226 g/mol. The highest BCUT2D eigenvalue weighted by Crippen LogP contribution is 2.19. The van der Waals surface area contributed by atoms with Gasteiger partial charge in [-0.1, -0.05) is 31.5 Å². The first-order chi connectivity index (χ1) is 8.22. The third-order valence-corrected chi connectivity index (χ3v) is 3.15. The molecule has 0 bridgehead atoms. The van der Waals surface area contributed by atoms with E-state index in [0.29, 0.717) is 0 Å². The van der Waals surface area contributed by atoms with E-state index in [0.717, 1.165) is 6.42 Å². The van der Waals surface area contributed by atoms with Gasteiger partial charge in [-0.15, -0.1) is 0 Å². The Kier molecular flexibility index (Phi) is 3.58. The summed E-state index contributed by atoms with van der Waals surface area (Å²) < 4.78 is 2.23. The topological polar surface area (TPSA) is 3.88 Å². The molecule has 0 radical (unpaired) electrons. The van der Waals surface area contributed by atoms with Gasteiger partial charge in [-0.05, 0) is 31.0 Å². The summed E-state index contributed by atoms with van der Waals surface area (Å²) in [6, 6.07) is 13.0. The Morgan fingerprint density at radius 3 is 2.47 bits per heavy atom. The number of nitrogens with zero attached hydrogens (tertiary/aromatic N) is 1. The van der Waals surface area contributed by atoms with Crippen LogP contribution in [0.2, 0.25) is 0 Å². The summed E-state index contributed by atoms with van der Waals surface area (Å²) in [6.45, 7) is 4.38. The molecule has 0 atom stereocenters. The molecule has 17 heavy (non-hydrogen) atoms. The third kappa shape index (κ3) is 2.55. The molecular weight excluding hydrogens is 206 g/mol. The average Bonchev–Trinajstić information content (AvgIpc) is 2.31. The van der Waals surface area contributed by atoms with Gasteiger partial charge >= 0.3 is 0 Å². The lowest BCUT2D eigenvalue weighted by Gasteiger charge is -2.05. The van der Waals surface area contributed by atoms with Crippen LogP contribution in [0.15, 0.2) is 42.6 Å². The molecule has 0 amide bonds. The summed E-state index contributed by atoms with van der Waals surface area (Å²) in [6.07, 6.45) is 4.59. The summed E-state index contributed by atoms with van der Waals surface area (Å²) in [5, 5.41) is 0. The van der Waals surface area contributed by atoms with Gasteiger partial charge in [0.05, 0.1) is 0 Å². The Labute approximate surface area is 104 Å². The summed E-state index contributed by atoms with van der Waals surface area (Å²) in [4.78, 5) is 0. The molecule has 1 heterocycles. The first-order valence-electron chi connectivity index (χ1n) is 6.27. The molecule has 0 aliphatic heterocycles. The molecule has 0 aliphatic rings.